The Bertz CT molecular complexity index is 553. The van der Waals surface area contributed by atoms with Gasteiger partial charge in [-0.2, -0.15) is 0 Å². The molecule has 0 aliphatic carbocycles. The fourth-order valence-corrected chi connectivity index (χ4v) is 1.87. The Hall–Kier alpha value is -1.51. The third-order valence-electron chi connectivity index (χ3n) is 2.37. The normalized spacial score (nSPS) is 10.1. The highest BCUT2D eigenvalue weighted by Gasteiger charge is 2.13. The summed E-state index contributed by atoms with van der Waals surface area (Å²) >= 11 is 11.8. The van der Waals surface area contributed by atoms with Gasteiger partial charge in [-0.15, -0.1) is 0 Å². The van der Waals surface area contributed by atoms with Gasteiger partial charge in [-0.1, -0.05) is 47.5 Å². The number of Topliss-reactive ketones (excluding diaryl/α,β-unsaturated/α-hetero) is 1. The first kappa shape index (κ1) is 12.9. The average molecular weight is 281 g/mol. The summed E-state index contributed by atoms with van der Waals surface area (Å²) in [4.78, 5) is 11.9. The van der Waals surface area contributed by atoms with Crippen molar-refractivity contribution in [2.24, 2.45) is 0 Å². The van der Waals surface area contributed by atoms with E-state index < -0.39 is 0 Å². The Labute approximate surface area is 115 Å². The first-order chi connectivity index (χ1) is 8.68. The zero-order valence-electron chi connectivity index (χ0n) is 9.40. The third kappa shape index (κ3) is 3.03. The third-order valence-corrected chi connectivity index (χ3v) is 3.18. The van der Waals surface area contributed by atoms with Crippen molar-refractivity contribution < 1.29 is 9.53 Å². The molecular formula is C14H10Cl2O2. The quantitative estimate of drug-likeness (QED) is 0.783. The fourth-order valence-electron chi connectivity index (χ4n) is 1.46. The van der Waals surface area contributed by atoms with E-state index in [1.165, 1.54) is 0 Å². The molecule has 2 rings (SSSR count). The zero-order valence-corrected chi connectivity index (χ0v) is 10.9. The maximum absolute atomic E-state index is 11.9. The number of hydrogen-bond acceptors (Lipinski definition) is 2. The molecule has 2 nitrogen and oxygen atoms in total. The molecule has 0 heterocycles. The number of ketones is 1. The van der Waals surface area contributed by atoms with Crippen molar-refractivity contribution in [2.75, 3.05) is 6.61 Å². The highest BCUT2D eigenvalue weighted by Crippen LogP contribution is 2.25. The fraction of sp³-hybridized carbons (Fsp3) is 0.0714. The van der Waals surface area contributed by atoms with Crippen LogP contribution in [0, 0.1) is 0 Å². The average Bonchev–Trinajstić information content (AvgIpc) is 2.40. The highest BCUT2D eigenvalue weighted by atomic mass is 35.5. The van der Waals surface area contributed by atoms with Gasteiger partial charge in [-0.25, -0.2) is 0 Å². The van der Waals surface area contributed by atoms with Crippen molar-refractivity contribution in [3.63, 3.8) is 0 Å². The summed E-state index contributed by atoms with van der Waals surface area (Å²) in [5, 5.41) is 0.628. The minimum atomic E-state index is -0.202. The van der Waals surface area contributed by atoms with Gasteiger partial charge in [0.05, 0.1) is 10.0 Å². The van der Waals surface area contributed by atoms with Crippen LogP contribution in [0.5, 0.6) is 5.75 Å². The molecule has 0 bridgehead atoms. The molecule has 0 aliphatic rings. The van der Waals surface area contributed by atoms with Crippen molar-refractivity contribution in [2.45, 2.75) is 0 Å². The number of carbonyl (C=O) groups is 1. The second-order valence-electron chi connectivity index (χ2n) is 3.63. The number of para-hydroxylation sites is 1. The minimum absolute atomic E-state index is 0.0654. The molecule has 0 atom stereocenters. The van der Waals surface area contributed by atoms with Gasteiger partial charge < -0.3 is 4.74 Å². The highest BCUT2D eigenvalue weighted by molar-refractivity contribution is 6.43. The molecule has 0 radical (unpaired) electrons. The molecule has 0 saturated heterocycles. The van der Waals surface area contributed by atoms with E-state index in [0.717, 1.165) is 0 Å². The lowest BCUT2D eigenvalue weighted by Crippen LogP contribution is -2.12. The zero-order chi connectivity index (χ0) is 13.0. The molecule has 0 spiro atoms. The molecule has 0 N–H and O–H groups in total. The monoisotopic (exact) mass is 280 g/mol. The summed E-state index contributed by atoms with van der Waals surface area (Å²) in [6.07, 6.45) is 0. The van der Waals surface area contributed by atoms with Crippen molar-refractivity contribution >= 4 is 29.0 Å². The van der Waals surface area contributed by atoms with Gasteiger partial charge in [0.25, 0.3) is 0 Å². The van der Waals surface area contributed by atoms with Crippen LogP contribution in [-0.2, 0) is 0 Å². The lowest BCUT2D eigenvalue weighted by molar-refractivity contribution is 0.0921. The number of benzene rings is 2. The van der Waals surface area contributed by atoms with E-state index in [1.54, 1.807) is 30.3 Å². The Morgan fingerprint density at radius 3 is 2.44 bits per heavy atom. The van der Waals surface area contributed by atoms with Crippen LogP contribution in [0.25, 0.3) is 0 Å². The maximum atomic E-state index is 11.9. The Morgan fingerprint density at radius 2 is 1.72 bits per heavy atom. The van der Waals surface area contributed by atoms with Crippen molar-refractivity contribution in [1.82, 2.24) is 0 Å². The number of hydrogen-bond donors (Lipinski definition) is 0. The van der Waals surface area contributed by atoms with Crippen LogP contribution in [0.3, 0.4) is 0 Å². The predicted octanol–water partition coefficient (Wildman–Crippen LogP) is 4.26. The summed E-state index contributed by atoms with van der Waals surface area (Å²) < 4.78 is 5.37. The molecule has 0 unspecified atom stereocenters. The van der Waals surface area contributed by atoms with Gasteiger partial charge in [0.1, 0.15) is 5.75 Å². The van der Waals surface area contributed by atoms with Gasteiger partial charge in [0, 0.05) is 5.56 Å². The molecule has 18 heavy (non-hydrogen) atoms. The summed E-state index contributed by atoms with van der Waals surface area (Å²) in [7, 11) is 0. The second-order valence-corrected chi connectivity index (χ2v) is 4.41. The SMILES string of the molecule is O=C(COc1ccccc1)c1cccc(Cl)c1Cl. The van der Waals surface area contributed by atoms with Gasteiger partial charge >= 0.3 is 0 Å². The molecule has 0 fully saturated rings. The van der Waals surface area contributed by atoms with Crippen molar-refractivity contribution in [1.29, 1.82) is 0 Å². The van der Waals surface area contributed by atoms with Crippen LogP contribution in [0.15, 0.2) is 48.5 Å². The van der Waals surface area contributed by atoms with Crippen LogP contribution in [0.4, 0.5) is 0 Å². The standard InChI is InChI=1S/C14H10Cl2O2/c15-12-8-4-7-11(14(12)16)13(17)9-18-10-5-2-1-3-6-10/h1-8H,9H2. The molecule has 0 amide bonds. The predicted molar refractivity (Wildman–Crippen MR) is 72.7 cm³/mol. The number of rotatable bonds is 4. The molecule has 0 saturated carbocycles. The molecule has 4 heteroatoms. The van der Waals surface area contributed by atoms with Gasteiger partial charge in [0.15, 0.2) is 6.61 Å². The summed E-state index contributed by atoms with van der Waals surface area (Å²) in [5.41, 5.74) is 0.375. The second kappa shape index (κ2) is 5.89. The van der Waals surface area contributed by atoms with Crippen LogP contribution in [0.1, 0.15) is 10.4 Å². The van der Waals surface area contributed by atoms with Crippen LogP contribution < -0.4 is 4.74 Å². The van der Waals surface area contributed by atoms with E-state index in [0.29, 0.717) is 16.3 Å². The molecule has 0 aromatic heterocycles. The van der Waals surface area contributed by atoms with Gasteiger partial charge in [0.2, 0.25) is 5.78 Å². The Balaban J connectivity index is 2.07. The number of ether oxygens (including phenoxy) is 1. The van der Waals surface area contributed by atoms with Gasteiger partial charge in [-0.05, 0) is 24.3 Å². The van der Waals surface area contributed by atoms with E-state index in [2.05, 4.69) is 0 Å². The van der Waals surface area contributed by atoms with Crippen molar-refractivity contribution in [3.05, 3.63) is 64.1 Å². The molecule has 0 aliphatic heterocycles. The van der Waals surface area contributed by atoms with Crippen molar-refractivity contribution in [3.8, 4) is 5.75 Å². The van der Waals surface area contributed by atoms with E-state index in [-0.39, 0.29) is 17.4 Å². The van der Waals surface area contributed by atoms with E-state index in [1.807, 2.05) is 18.2 Å². The largest absolute Gasteiger partial charge is 0.485 e. The first-order valence-corrected chi connectivity index (χ1v) is 6.09. The van der Waals surface area contributed by atoms with Crippen LogP contribution in [-0.4, -0.2) is 12.4 Å². The first-order valence-electron chi connectivity index (χ1n) is 5.33. The smallest absolute Gasteiger partial charge is 0.201 e. The van der Waals surface area contributed by atoms with Crippen LogP contribution >= 0.6 is 23.2 Å². The molecule has 2 aromatic carbocycles. The topological polar surface area (TPSA) is 26.3 Å². The molecule has 2 aromatic rings. The minimum Gasteiger partial charge on any atom is -0.485 e. The molecule has 92 valence electrons. The van der Waals surface area contributed by atoms with E-state index in [4.69, 9.17) is 27.9 Å². The maximum Gasteiger partial charge on any atom is 0.201 e. The lowest BCUT2D eigenvalue weighted by atomic mass is 10.1. The number of halogens is 2. The summed E-state index contributed by atoms with van der Waals surface area (Å²) in [5.74, 6) is 0.440. The lowest BCUT2D eigenvalue weighted by Gasteiger charge is -2.07. The molecular weight excluding hydrogens is 271 g/mol. The Kier molecular flexibility index (Phi) is 4.24. The van der Waals surface area contributed by atoms with E-state index >= 15 is 0 Å². The Morgan fingerprint density at radius 1 is 1.00 bits per heavy atom. The van der Waals surface area contributed by atoms with E-state index in [9.17, 15) is 4.79 Å². The van der Waals surface area contributed by atoms with Gasteiger partial charge in [-0.3, -0.25) is 4.79 Å². The number of carbonyl (C=O) groups excluding carboxylic acids is 1. The summed E-state index contributed by atoms with van der Waals surface area (Å²) in [6, 6.07) is 14.1. The van der Waals surface area contributed by atoms with Crippen LogP contribution in [0.2, 0.25) is 10.0 Å². The summed E-state index contributed by atoms with van der Waals surface area (Å²) in [6.45, 7) is -0.0654.